The molecule has 0 aliphatic carbocycles. The minimum atomic E-state index is -0.661. The quantitative estimate of drug-likeness (QED) is 0.923. The van der Waals surface area contributed by atoms with Crippen LogP contribution < -0.4 is 10.1 Å². The maximum absolute atomic E-state index is 13.6. The molecule has 0 saturated carbocycles. The Balaban J connectivity index is 1.86. The van der Waals surface area contributed by atoms with Crippen molar-refractivity contribution >= 4 is 5.91 Å². The Morgan fingerprint density at radius 1 is 1.32 bits per heavy atom. The van der Waals surface area contributed by atoms with Crippen molar-refractivity contribution in [2.45, 2.75) is 13.5 Å². The average molecular weight is 298 g/mol. The second-order valence-corrected chi connectivity index (χ2v) is 4.75. The van der Waals surface area contributed by atoms with E-state index in [0.29, 0.717) is 6.54 Å². The van der Waals surface area contributed by atoms with Crippen LogP contribution in [-0.2, 0) is 11.3 Å². The number of nitrogens with one attached hydrogen (secondary N) is 1. The highest BCUT2D eigenvalue weighted by Crippen LogP contribution is 2.17. The molecule has 0 spiro atoms. The van der Waals surface area contributed by atoms with Gasteiger partial charge in [0, 0.05) is 6.54 Å². The number of carbonyl (C=O) groups is 1. The zero-order valence-electron chi connectivity index (χ0n) is 12.1. The summed E-state index contributed by atoms with van der Waals surface area (Å²) in [6, 6.07) is 13.4. The van der Waals surface area contributed by atoms with E-state index < -0.39 is 5.82 Å². The highest BCUT2D eigenvalue weighted by Gasteiger charge is 2.08. The molecule has 0 aromatic heterocycles. The van der Waals surface area contributed by atoms with Crippen LogP contribution in [0.25, 0.3) is 0 Å². The van der Waals surface area contributed by atoms with E-state index in [-0.39, 0.29) is 23.8 Å². The molecular weight excluding hydrogens is 283 g/mol. The first-order valence-corrected chi connectivity index (χ1v) is 6.74. The van der Waals surface area contributed by atoms with Gasteiger partial charge in [-0.2, -0.15) is 5.26 Å². The topological polar surface area (TPSA) is 62.1 Å². The molecule has 112 valence electrons. The number of halogens is 1. The highest BCUT2D eigenvalue weighted by atomic mass is 19.1. The largest absolute Gasteiger partial charge is 0.481 e. The summed E-state index contributed by atoms with van der Waals surface area (Å²) in [5.74, 6) is -1.05. The van der Waals surface area contributed by atoms with Crippen molar-refractivity contribution in [1.29, 1.82) is 5.26 Å². The van der Waals surface area contributed by atoms with Crippen molar-refractivity contribution < 1.29 is 13.9 Å². The summed E-state index contributed by atoms with van der Waals surface area (Å²) in [6.07, 6.45) is 0. The molecule has 0 aliphatic heterocycles. The van der Waals surface area contributed by atoms with Gasteiger partial charge >= 0.3 is 0 Å². The monoisotopic (exact) mass is 298 g/mol. The second kappa shape index (κ2) is 7.23. The van der Waals surface area contributed by atoms with Crippen LogP contribution in [0.3, 0.4) is 0 Å². The third-order valence-electron chi connectivity index (χ3n) is 3.16. The maximum Gasteiger partial charge on any atom is 0.258 e. The fourth-order valence-corrected chi connectivity index (χ4v) is 1.88. The first-order valence-electron chi connectivity index (χ1n) is 6.74. The molecule has 2 rings (SSSR count). The van der Waals surface area contributed by atoms with E-state index in [2.05, 4.69) is 5.32 Å². The lowest BCUT2D eigenvalue weighted by Crippen LogP contribution is -2.28. The summed E-state index contributed by atoms with van der Waals surface area (Å²) < 4.78 is 18.7. The summed E-state index contributed by atoms with van der Waals surface area (Å²) >= 11 is 0. The van der Waals surface area contributed by atoms with Gasteiger partial charge in [0.15, 0.2) is 18.2 Å². The third kappa shape index (κ3) is 4.06. The molecule has 0 fully saturated rings. The van der Waals surface area contributed by atoms with Crippen LogP contribution in [0, 0.1) is 24.1 Å². The normalized spacial score (nSPS) is 9.86. The van der Waals surface area contributed by atoms with Gasteiger partial charge in [-0.3, -0.25) is 4.79 Å². The lowest BCUT2D eigenvalue weighted by molar-refractivity contribution is -0.123. The van der Waals surface area contributed by atoms with Crippen molar-refractivity contribution in [2.24, 2.45) is 0 Å². The minimum Gasteiger partial charge on any atom is -0.481 e. The number of hydrogen-bond acceptors (Lipinski definition) is 3. The Bertz CT molecular complexity index is 723. The fourth-order valence-electron chi connectivity index (χ4n) is 1.88. The van der Waals surface area contributed by atoms with Crippen LogP contribution >= 0.6 is 0 Å². The van der Waals surface area contributed by atoms with E-state index >= 15 is 0 Å². The number of ether oxygens (including phenoxy) is 1. The predicted molar refractivity (Wildman–Crippen MR) is 79.6 cm³/mol. The highest BCUT2D eigenvalue weighted by molar-refractivity contribution is 5.77. The zero-order chi connectivity index (χ0) is 15.9. The maximum atomic E-state index is 13.6. The van der Waals surface area contributed by atoms with E-state index in [9.17, 15) is 9.18 Å². The number of rotatable bonds is 5. The van der Waals surface area contributed by atoms with E-state index in [1.807, 2.05) is 37.3 Å². The molecular formula is C17H15FN2O2. The summed E-state index contributed by atoms with van der Waals surface area (Å²) in [7, 11) is 0. The first-order chi connectivity index (χ1) is 10.6. The van der Waals surface area contributed by atoms with Gasteiger partial charge in [0.05, 0.1) is 11.6 Å². The molecule has 2 aromatic carbocycles. The minimum absolute atomic E-state index is 0.0509. The molecule has 5 heteroatoms. The fraction of sp³-hybridized carbons (Fsp3) is 0.176. The van der Waals surface area contributed by atoms with Crippen molar-refractivity contribution in [3.63, 3.8) is 0 Å². The molecule has 0 unspecified atom stereocenters. The van der Waals surface area contributed by atoms with E-state index in [0.717, 1.165) is 17.2 Å². The van der Waals surface area contributed by atoms with Gasteiger partial charge in [-0.15, -0.1) is 0 Å². The molecule has 1 N–H and O–H groups in total. The number of carbonyl (C=O) groups excluding carboxylic acids is 1. The summed E-state index contributed by atoms with van der Waals surface area (Å²) in [5.41, 5.74) is 2.30. The first kappa shape index (κ1) is 15.5. The molecule has 0 bridgehead atoms. The van der Waals surface area contributed by atoms with Gasteiger partial charge < -0.3 is 10.1 Å². The molecule has 4 nitrogen and oxygen atoms in total. The second-order valence-electron chi connectivity index (χ2n) is 4.75. The van der Waals surface area contributed by atoms with Crippen molar-refractivity contribution in [1.82, 2.24) is 5.32 Å². The Kier molecular flexibility index (Phi) is 5.10. The van der Waals surface area contributed by atoms with Crippen molar-refractivity contribution in [2.75, 3.05) is 6.61 Å². The van der Waals surface area contributed by atoms with Crippen LogP contribution in [0.2, 0.25) is 0 Å². The summed E-state index contributed by atoms with van der Waals surface area (Å²) in [6.45, 7) is 2.07. The lowest BCUT2D eigenvalue weighted by Gasteiger charge is -2.09. The molecule has 0 radical (unpaired) electrons. The third-order valence-corrected chi connectivity index (χ3v) is 3.16. The standard InChI is InChI=1S/C17H15FN2O2/c1-12-4-2-3-5-14(12)10-20-17(21)11-22-16-7-6-13(9-19)8-15(16)18/h2-8H,10-11H2,1H3,(H,20,21). The molecule has 0 atom stereocenters. The van der Waals surface area contributed by atoms with Crippen molar-refractivity contribution in [3.05, 3.63) is 65.0 Å². The van der Waals surface area contributed by atoms with Gasteiger partial charge in [-0.1, -0.05) is 24.3 Å². The number of benzene rings is 2. The molecule has 0 heterocycles. The van der Waals surface area contributed by atoms with Crippen LogP contribution in [0.5, 0.6) is 5.75 Å². The van der Waals surface area contributed by atoms with E-state index in [4.69, 9.17) is 10.00 Å². The molecule has 22 heavy (non-hydrogen) atoms. The molecule has 1 amide bonds. The zero-order valence-corrected chi connectivity index (χ0v) is 12.1. The SMILES string of the molecule is Cc1ccccc1CNC(=O)COc1ccc(C#N)cc1F. The van der Waals surface area contributed by atoms with E-state index in [1.165, 1.54) is 12.1 Å². The van der Waals surface area contributed by atoms with Crippen LogP contribution in [0.4, 0.5) is 4.39 Å². The van der Waals surface area contributed by atoms with Gasteiger partial charge in [-0.05, 0) is 36.2 Å². The van der Waals surface area contributed by atoms with Crippen molar-refractivity contribution in [3.8, 4) is 11.8 Å². The summed E-state index contributed by atoms with van der Waals surface area (Å²) in [5, 5.41) is 11.4. The number of amides is 1. The number of nitriles is 1. The van der Waals surface area contributed by atoms with Gasteiger partial charge in [0.2, 0.25) is 0 Å². The predicted octanol–water partition coefficient (Wildman–Crippen LogP) is 2.70. The summed E-state index contributed by atoms with van der Waals surface area (Å²) in [4.78, 5) is 11.7. The number of aryl methyl sites for hydroxylation is 1. The average Bonchev–Trinajstić information content (AvgIpc) is 2.52. The molecule has 0 aliphatic rings. The van der Waals surface area contributed by atoms with Crippen LogP contribution in [0.1, 0.15) is 16.7 Å². The van der Waals surface area contributed by atoms with Crippen LogP contribution in [-0.4, -0.2) is 12.5 Å². The van der Waals surface area contributed by atoms with Gasteiger partial charge in [-0.25, -0.2) is 4.39 Å². The van der Waals surface area contributed by atoms with Gasteiger partial charge in [0.25, 0.3) is 5.91 Å². The number of nitrogens with zero attached hydrogens (tertiary/aromatic N) is 1. The lowest BCUT2D eigenvalue weighted by atomic mass is 10.1. The molecule has 2 aromatic rings. The number of hydrogen-bond donors (Lipinski definition) is 1. The van der Waals surface area contributed by atoms with E-state index in [1.54, 1.807) is 0 Å². The Morgan fingerprint density at radius 2 is 2.09 bits per heavy atom. The Morgan fingerprint density at radius 3 is 2.77 bits per heavy atom. The van der Waals surface area contributed by atoms with Gasteiger partial charge in [0.1, 0.15) is 0 Å². The Labute approximate surface area is 128 Å². The Hall–Kier alpha value is -2.87. The molecule has 0 saturated heterocycles. The smallest absolute Gasteiger partial charge is 0.258 e. The van der Waals surface area contributed by atoms with Crippen LogP contribution in [0.15, 0.2) is 42.5 Å².